The fourth-order valence-electron chi connectivity index (χ4n) is 3.65. The largest absolute Gasteiger partial charge is 0.393 e. The minimum atomic E-state index is -0.475. The van der Waals surface area contributed by atoms with Gasteiger partial charge in [0.1, 0.15) is 5.82 Å². The summed E-state index contributed by atoms with van der Waals surface area (Å²) in [5.74, 6) is -0.147. The molecule has 0 aromatic heterocycles. The Labute approximate surface area is 140 Å². The summed E-state index contributed by atoms with van der Waals surface area (Å²) in [6, 6.07) is 3.82. The molecule has 1 aromatic rings. The average Bonchev–Trinajstić information content (AvgIpc) is 2.53. The van der Waals surface area contributed by atoms with Gasteiger partial charge in [0, 0.05) is 6.04 Å². The van der Waals surface area contributed by atoms with E-state index in [-0.39, 0.29) is 34.6 Å². The Balaban J connectivity index is 1.74. The second-order valence-electron chi connectivity index (χ2n) is 6.60. The molecule has 4 nitrogen and oxygen atoms in total. The predicted octanol–water partition coefficient (Wildman–Crippen LogP) is 2.35. The third-order valence-corrected chi connectivity index (χ3v) is 5.35. The van der Waals surface area contributed by atoms with Crippen LogP contribution >= 0.6 is 11.6 Å². The van der Waals surface area contributed by atoms with Gasteiger partial charge >= 0.3 is 0 Å². The monoisotopic (exact) mass is 340 g/mol. The molecule has 1 aliphatic heterocycles. The molecule has 23 heavy (non-hydrogen) atoms. The van der Waals surface area contributed by atoms with E-state index in [0.717, 1.165) is 25.9 Å². The average molecular weight is 341 g/mol. The number of nitrogens with one attached hydrogen (secondary N) is 2. The van der Waals surface area contributed by atoms with Gasteiger partial charge in [-0.3, -0.25) is 4.79 Å². The van der Waals surface area contributed by atoms with Crippen LogP contribution in [-0.2, 0) is 0 Å². The number of piperidine rings is 1. The number of carbonyl (C=O) groups excluding carboxylic acids is 1. The molecule has 0 radical (unpaired) electrons. The first-order chi connectivity index (χ1) is 11.0. The number of rotatable bonds is 4. The fraction of sp³-hybridized carbons (Fsp3) is 0.588. The normalized spacial score (nSPS) is 26.4. The second kappa shape index (κ2) is 7.16. The lowest BCUT2D eigenvalue weighted by atomic mass is 9.71. The molecule has 1 saturated carbocycles. The quantitative estimate of drug-likeness (QED) is 0.788. The van der Waals surface area contributed by atoms with Gasteiger partial charge in [-0.15, -0.1) is 0 Å². The zero-order valence-electron chi connectivity index (χ0n) is 12.9. The maximum atomic E-state index is 13.4. The number of amides is 1. The van der Waals surface area contributed by atoms with Crippen molar-refractivity contribution in [1.29, 1.82) is 0 Å². The van der Waals surface area contributed by atoms with E-state index in [9.17, 15) is 14.3 Å². The van der Waals surface area contributed by atoms with Crippen LogP contribution in [0.1, 0.15) is 36.0 Å². The van der Waals surface area contributed by atoms with E-state index in [1.807, 2.05) is 0 Å². The topological polar surface area (TPSA) is 61.4 Å². The van der Waals surface area contributed by atoms with Crippen molar-refractivity contribution in [2.24, 2.45) is 11.8 Å². The molecule has 2 fully saturated rings. The summed E-state index contributed by atoms with van der Waals surface area (Å²) in [6.45, 7) is 1.88. The van der Waals surface area contributed by atoms with Crippen LogP contribution in [0, 0.1) is 17.7 Å². The van der Waals surface area contributed by atoms with E-state index >= 15 is 0 Å². The molecule has 0 spiro atoms. The molecule has 0 unspecified atom stereocenters. The number of benzene rings is 1. The van der Waals surface area contributed by atoms with Crippen LogP contribution < -0.4 is 10.6 Å². The smallest absolute Gasteiger partial charge is 0.253 e. The maximum absolute atomic E-state index is 13.4. The SMILES string of the molecule is O=C(N[C@@H](C1CCNCC1)C1CC(O)C1)c1cc(F)ccc1Cl. The highest BCUT2D eigenvalue weighted by Gasteiger charge is 2.39. The molecule has 1 saturated heterocycles. The first kappa shape index (κ1) is 16.7. The summed E-state index contributed by atoms with van der Waals surface area (Å²) in [7, 11) is 0. The molecule has 0 bridgehead atoms. The van der Waals surface area contributed by atoms with Crippen molar-refractivity contribution in [3.8, 4) is 0 Å². The van der Waals surface area contributed by atoms with Crippen molar-refractivity contribution >= 4 is 17.5 Å². The Morgan fingerprint density at radius 2 is 2.00 bits per heavy atom. The van der Waals surface area contributed by atoms with Crippen molar-refractivity contribution < 1.29 is 14.3 Å². The van der Waals surface area contributed by atoms with Crippen LogP contribution in [0.5, 0.6) is 0 Å². The number of aliphatic hydroxyl groups excluding tert-OH is 1. The summed E-state index contributed by atoms with van der Waals surface area (Å²) in [6.07, 6.45) is 3.15. The summed E-state index contributed by atoms with van der Waals surface area (Å²) >= 11 is 6.03. The van der Waals surface area contributed by atoms with Crippen molar-refractivity contribution in [1.82, 2.24) is 10.6 Å². The molecule has 1 atom stereocenters. The lowest BCUT2D eigenvalue weighted by Crippen LogP contribution is -2.52. The molecule has 3 rings (SSSR count). The lowest BCUT2D eigenvalue weighted by molar-refractivity contribution is 0.00919. The Hall–Kier alpha value is -1.17. The molecular weight excluding hydrogens is 319 g/mol. The summed E-state index contributed by atoms with van der Waals surface area (Å²) in [5.41, 5.74) is 0.172. The van der Waals surface area contributed by atoms with Gasteiger partial charge in [-0.2, -0.15) is 0 Å². The van der Waals surface area contributed by atoms with E-state index in [1.165, 1.54) is 18.2 Å². The molecule has 2 aliphatic rings. The van der Waals surface area contributed by atoms with Crippen LogP contribution in [0.25, 0.3) is 0 Å². The third-order valence-electron chi connectivity index (χ3n) is 5.02. The zero-order valence-corrected chi connectivity index (χ0v) is 13.7. The van der Waals surface area contributed by atoms with Gasteiger partial charge in [0.25, 0.3) is 5.91 Å². The second-order valence-corrected chi connectivity index (χ2v) is 7.00. The Morgan fingerprint density at radius 3 is 2.65 bits per heavy atom. The van der Waals surface area contributed by atoms with Crippen molar-refractivity contribution in [3.05, 3.63) is 34.6 Å². The van der Waals surface area contributed by atoms with Crippen molar-refractivity contribution in [3.63, 3.8) is 0 Å². The minimum Gasteiger partial charge on any atom is -0.393 e. The van der Waals surface area contributed by atoms with E-state index in [1.54, 1.807) is 0 Å². The standard InChI is InChI=1S/C17H22ClFN2O2/c18-15-2-1-12(19)9-14(15)17(23)21-16(11-7-13(22)8-11)10-3-5-20-6-4-10/h1-2,9-11,13,16,20,22H,3-8H2,(H,21,23)/t11?,13?,16-/m0/s1. The third kappa shape index (κ3) is 3.84. The van der Waals surface area contributed by atoms with Crippen molar-refractivity contribution in [2.45, 2.75) is 37.8 Å². The Morgan fingerprint density at radius 1 is 1.30 bits per heavy atom. The first-order valence-corrected chi connectivity index (χ1v) is 8.57. The molecular formula is C17H22ClFN2O2. The lowest BCUT2D eigenvalue weighted by Gasteiger charge is -2.43. The van der Waals surface area contributed by atoms with Gasteiger partial charge in [0.05, 0.1) is 16.7 Å². The van der Waals surface area contributed by atoms with E-state index in [4.69, 9.17) is 11.6 Å². The number of aliphatic hydroxyl groups is 1. The number of halogens is 2. The predicted molar refractivity (Wildman–Crippen MR) is 87.0 cm³/mol. The first-order valence-electron chi connectivity index (χ1n) is 8.19. The molecule has 1 aliphatic carbocycles. The zero-order chi connectivity index (χ0) is 16.4. The number of hydrogen-bond donors (Lipinski definition) is 3. The van der Waals surface area contributed by atoms with Gasteiger partial charge < -0.3 is 15.7 Å². The molecule has 1 amide bonds. The van der Waals surface area contributed by atoms with Gasteiger partial charge in [0.15, 0.2) is 0 Å². The van der Waals surface area contributed by atoms with Gasteiger partial charge in [0.2, 0.25) is 0 Å². The van der Waals surface area contributed by atoms with Gasteiger partial charge in [-0.1, -0.05) is 11.6 Å². The highest BCUT2D eigenvalue weighted by molar-refractivity contribution is 6.33. The fourth-order valence-corrected chi connectivity index (χ4v) is 3.85. The summed E-state index contributed by atoms with van der Waals surface area (Å²) in [5, 5.41) is 16.2. The van der Waals surface area contributed by atoms with Crippen LogP contribution in [0.4, 0.5) is 4.39 Å². The summed E-state index contributed by atoms with van der Waals surface area (Å²) in [4.78, 5) is 12.6. The van der Waals surface area contributed by atoms with Crippen LogP contribution in [0.3, 0.4) is 0 Å². The van der Waals surface area contributed by atoms with Crippen LogP contribution in [-0.4, -0.2) is 36.2 Å². The van der Waals surface area contributed by atoms with E-state index in [0.29, 0.717) is 18.8 Å². The van der Waals surface area contributed by atoms with E-state index in [2.05, 4.69) is 10.6 Å². The molecule has 6 heteroatoms. The summed E-state index contributed by atoms with van der Waals surface area (Å²) < 4.78 is 13.4. The number of hydrogen-bond acceptors (Lipinski definition) is 3. The highest BCUT2D eigenvalue weighted by Crippen LogP contribution is 2.36. The van der Waals surface area contributed by atoms with Gasteiger partial charge in [-0.25, -0.2) is 4.39 Å². The Bertz CT molecular complexity index is 572. The minimum absolute atomic E-state index is 0.00679. The maximum Gasteiger partial charge on any atom is 0.253 e. The Kier molecular flexibility index (Phi) is 5.19. The van der Waals surface area contributed by atoms with E-state index < -0.39 is 5.82 Å². The molecule has 3 N–H and O–H groups in total. The molecule has 1 heterocycles. The molecule has 1 aromatic carbocycles. The van der Waals surface area contributed by atoms with Gasteiger partial charge in [-0.05, 0) is 68.8 Å². The van der Waals surface area contributed by atoms with Crippen molar-refractivity contribution in [2.75, 3.05) is 13.1 Å². The number of carbonyl (C=O) groups is 1. The van der Waals surface area contributed by atoms with Crippen LogP contribution in [0.2, 0.25) is 5.02 Å². The molecule has 126 valence electrons. The highest BCUT2D eigenvalue weighted by atomic mass is 35.5. The van der Waals surface area contributed by atoms with Crippen LogP contribution in [0.15, 0.2) is 18.2 Å².